The fourth-order valence-corrected chi connectivity index (χ4v) is 2.88. The zero-order valence-electron chi connectivity index (χ0n) is 13.7. The molecule has 0 aliphatic rings. The molecular weight excluding hydrogens is 398 g/mol. The van der Waals surface area contributed by atoms with Gasteiger partial charge < -0.3 is 5.32 Å². The van der Waals surface area contributed by atoms with Crippen molar-refractivity contribution in [2.75, 3.05) is 5.32 Å². The molecule has 4 nitrogen and oxygen atoms in total. The summed E-state index contributed by atoms with van der Waals surface area (Å²) in [5.74, 6) is 0. The van der Waals surface area contributed by atoms with Crippen LogP contribution < -0.4 is 10.5 Å². The van der Waals surface area contributed by atoms with Crippen LogP contribution in [0.2, 0.25) is 0 Å². The van der Waals surface area contributed by atoms with Gasteiger partial charge in [0, 0.05) is 11.7 Å². The van der Waals surface area contributed by atoms with Gasteiger partial charge in [0.25, 0.3) is 0 Å². The van der Waals surface area contributed by atoms with E-state index in [1.807, 2.05) is 0 Å². The second kappa shape index (κ2) is 7.04. The van der Waals surface area contributed by atoms with Crippen LogP contribution in [-0.4, -0.2) is 8.42 Å². The van der Waals surface area contributed by atoms with E-state index in [0.29, 0.717) is 11.6 Å². The highest BCUT2D eigenvalue weighted by Crippen LogP contribution is 2.38. The minimum atomic E-state index is -4.87. The van der Waals surface area contributed by atoms with Crippen molar-refractivity contribution in [3.8, 4) is 0 Å². The van der Waals surface area contributed by atoms with Gasteiger partial charge in [-0.3, -0.25) is 0 Å². The van der Waals surface area contributed by atoms with Crippen LogP contribution in [0, 0.1) is 0 Å². The molecule has 3 N–H and O–H groups in total. The molecule has 1 unspecified atom stereocenters. The number of nitrogens with two attached hydrogens (primary N) is 1. The number of hydrogen-bond donors (Lipinski definition) is 2. The van der Waals surface area contributed by atoms with Gasteiger partial charge in [-0.25, -0.2) is 13.6 Å². The quantitative estimate of drug-likeness (QED) is 0.724. The Morgan fingerprint density at radius 2 is 1.48 bits per heavy atom. The van der Waals surface area contributed by atoms with Crippen molar-refractivity contribution in [1.82, 2.24) is 0 Å². The second-order valence-electron chi connectivity index (χ2n) is 5.74. The van der Waals surface area contributed by atoms with Crippen LogP contribution in [-0.2, 0) is 22.4 Å². The molecule has 0 aliphatic carbocycles. The fraction of sp³-hybridized carbons (Fsp3) is 0.250. The summed E-state index contributed by atoms with van der Waals surface area (Å²) in [4.78, 5) is -0.706. The van der Waals surface area contributed by atoms with E-state index in [-0.39, 0.29) is 0 Å². The van der Waals surface area contributed by atoms with E-state index < -0.39 is 50.1 Å². The Kier molecular flexibility index (Phi) is 5.48. The van der Waals surface area contributed by atoms with Crippen LogP contribution in [0.1, 0.15) is 29.7 Å². The van der Waals surface area contributed by atoms with Crippen molar-refractivity contribution in [3.05, 3.63) is 59.2 Å². The van der Waals surface area contributed by atoms with Gasteiger partial charge in [0.1, 0.15) is 0 Å². The van der Waals surface area contributed by atoms with Gasteiger partial charge in [0.2, 0.25) is 10.0 Å². The largest absolute Gasteiger partial charge is 0.418 e. The molecule has 0 aliphatic heterocycles. The van der Waals surface area contributed by atoms with Gasteiger partial charge in [-0.1, -0.05) is 12.1 Å². The van der Waals surface area contributed by atoms with Crippen molar-refractivity contribution < 1.29 is 34.8 Å². The van der Waals surface area contributed by atoms with E-state index in [1.54, 1.807) is 0 Å². The number of nitrogens with one attached hydrogen (secondary N) is 1. The normalized spacial score (nSPS) is 14.1. The summed E-state index contributed by atoms with van der Waals surface area (Å²) in [7, 11) is -4.34. The van der Waals surface area contributed by atoms with Crippen LogP contribution in [0.4, 0.5) is 32.0 Å². The summed E-state index contributed by atoms with van der Waals surface area (Å²) in [5, 5.41) is 7.39. The molecule has 0 spiro atoms. The van der Waals surface area contributed by atoms with Crippen LogP contribution in [0.5, 0.6) is 0 Å². The lowest BCUT2D eigenvalue weighted by molar-refractivity contribution is -0.138. The summed E-state index contributed by atoms with van der Waals surface area (Å²) >= 11 is 0. The summed E-state index contributed by atoms with van der Waals surface area (Å²) < 4.78 is 100. The number of sulfonamides is 1. The van der Waals surface area contributed by atoms with Crippen LogP contribution in [0.3, 0.4) is 0 Å². The lowest BCUT2D eigenvalue weighted by Gasteiger charge is -2.20. The van der Waals surface area contributed by atoms with Crippen LogP contribution in [0.25, 0.3) is 0 Å². The topological polar surface area (TPSA) is 72.2 Å². The third-order valence-electron chi connectivity index (χ3n) is 3.73. The van der Waals surface area contributed by atoms with Gasteiger partial charge >= 0.3 is 12.4 Å². The predicted octanol–water partition coefficient (Wildman–Crippen LogP) is 4.54. The average Bonchev–Trinajstić information content (AvgIpc) is 2.52. The van der Waals surface area contributed by atoms with Crippen LogP contribution in [0.15, 0.2) is 47.4 Å². The maximum Gasteiger partial charge on any atom is 0.418 e. The predicted molar refractivity (Wildman–Crippen MR) is 86.3 cm³/mol. The van der Waals surface area contributed by atoms with Crippen molar-refractivity contribution in [3.63, 3.8) is 0 Å². The van der Waals surface area contributed by atoms with Gasteiger partial charge in [-0.05, 0) is 42.8 Å². The maximum absolute atomic E-state index is 13.3. The lowest BCUT2D eigenvalue weighted by atomic mass is 10.0. The van der Waals surface area contributed by atoms with Gasteiger partial charge in [-0.15, -0.1) is 0 Å². The van der Waals surface area contributed by atoms with Crippen molar-refractivity contribution in [2.45, 2.75) is 30.2 Å². The molecule has 0 amide bonds. The first-order valence-corrected chi connectivity index (χ1v) is 8.92. The Morgan fingerprint density at radius 3 is 1.93 bits per heavy atom. The number of alkyl halides is 6. The monoisotopic (exact) mass is 412 g/mol. The van der Waals surface area contributed by atoms with E-state index in [2.05, 4.69) is 5.32 Å². The molecule has 0 saturated carbocycles. The second-order valence-corrected chi connectivity index (χ2v) is 7.30. The highest BCUT2D eigenvalue weighted by Gasteiger charge is 2.35. The van der Waals surface area contributed by atoms with Crippen molar-refractivity contribution in [1.29, 1.82) is 0 Å². The minimum Gasteiger partial charge on any atom is -0.378 e. The number of benzene rings is 2. The molecule has 2 aromatic carbocycles. The number of halogens is 6. The molecule has 2 rings (SSSR count). The Hall–Kier alpha value is -2.27. The molecule has 148 valence electrons. The number of primary sulfonamides is 1. The van der Waals surface area contributed by atoms with E-state index in [9.17, 15) is 34.8 Å². The standard InChI is InChI=1S/C16H14F6N2O2S/c1-9(10-2-4-11(5-3-10)15(17,18)19)24-14-7-6-12(27(23,25)26)8-13(14)16(20,21)22/h2-9,24H,1H3,(H2,23,25,26). The highest BCUT2D eigenvalue weighted by molar-refractivity contribution is 7.89. The molecule has 0 saturated heterocycles. The number of hydrogen-bond acceptors (Lipinski definition) is 3. The van der Waals surface area contributed by atoms with Crippen molar-refractivity contribution in [2.24, 2.45) is 5.14 Å². The molecule has 11 heteroatoms. The third kappa shape index (κ3) is 5.13. The zero-order valence-corrected chi connectivity index (χ0v) is 14.5. The Labute approximate surface area is 151 Å². The van der Waals surface area contributed by atoms with E-state index in [1.165, 1.54) is 6.92 Å². The van der Waals surface area contributed by atoms with Crippen molar-refractivity contribution >= 4 is 15.7 Å². The SMILES string of the molecule is CC(Nc1ccc(S(N)(=O)=O)cc1C(F)(F)F)c1ccc(C(F)(F)F)cc1. The molecule has 0 bridgehead atoms. The molecule has 0 aromatic heterocycles. The van der Waals surface area contributed by atoms with Gasteiger partial charge in [0.15, 0.2) is 0 Å². The molecule has 0 radical (unpaired) electrons. The van der Waals surface area contributed by atoms with E-state index >= 15 is 0 Å². The summed E-state index contributed by atoms with van der Waals surface area (Å²) in [5.41, 5.74) is -2.26. The van der Waals surface area contributed by atoms with E-state index in [4.69, 9.17) is 5.14 Å². The van der Waals surface area contributed by atoms with Crippen LogP contribution >= 0.6 is 0 Å². The Balaban J connectivity index is 2.36. The number of rotatable bonds is 4. The summed E-state index contributed by atoms with van der Waals surface area (Å²) in [6, 6.07) is 5.37. The average molecular weight is 412 g/mol. The Bertz CT molecular complexity index is 921. The molecule has 0 heterocycles. The first-order chi connectivity index (χ1) is 12.2. The van der Waals surface area contributed by atoms with E-state index in [0.717, 1.165) is 36.4 Å². The molecule has 27 heavy (non-hydrogen) atoms. The molecule has 2 aromatic rings. The third-order valence-corrected chi connectivity index (χ3v) is 4.65. The first kappa shape index (κ1) is 21.0. The molecule has 1 atom stereocenters. The lowest BCUT2D eigenvalue weighted by Crippen LogP contribution is -2.17. The molecule has 0 fully saturated rings. The summed E-state index contributed by atoms with van der Waals surface area (Å²) in [6.07, 6.45) is -9.40. The summed E-state index contributed by atoms with van der Waals surface area (Å²) in [6.45, 7) is 1.45. The zero-order chi connectivity index (χ0) is 20.6. The smallest absolute Gasteiger partial charge is 0.378 e. The van der Waals surface area contributed by atoms with Gasteiger partial charge in [-0.2, -0.15) is 26.3 Å². The fourth-order valence-electron chi connectivity index (χ4n) is 2.34. The Morgan fingerprint density at radius 1 is 0.926 bits per heavy atom. The highest BCUT2D eigenvalue weighted by atomic mass is 32.2. The number of anilines is 1. The maximum atomic E-state index is 13.3. The minimum absolute atomic E-state index is 0.312. The van der Waals surface area contributed by atoms with Gasteiger partial charge in [0.05, 0.1) is 16.0 Å². The molecular formula is C16H14F6N2O2S. The first-order valence-electron chi connectivity index (χ1n) is 7.37.